The van der Waals surface area contributed by atoms with Gasteiger partial charge in [0.15, 0.2) is 5.96 Å². The van der Waals surface area contributed by atoms with Crippen molar-refractivity contribution >= 4 is 40.8 Å². The topological polar surface area (TPSA) is 61.4 Å². The van der Waals surface area contributed by atoms with Crippen LogP contribution in [0, 0.1) is 0 Å². The molecule has 3 rings (SSSR count). The number of hydrogen-bond donors (Lipinski definition) is 3. The number of benzene rings is 2. The van der Waals surface area contributed by atoms with Crippen molar-refractivity contribution < 1.29 is 17.9 Å². The summed E-state index contributed by atoms with van der Waals surface area (Å²) in [6.45, 7) is 0.633. The maximum Gasteiger partial charge on any atom is 0.573 e. The molecule has 0 aliphatic rings. The van der Waals surface area contributed by atoms with Crippen molar-refractivity contribution in [2.45, 2.75) is 19.5 Å². The average molecular weight is 504 g/mol. The monoisotopic (exact) mass is 504 g/mol. The normalized spacial score (nSPS) is 11.8. The van der Waals surface area contributed by atoms with Crippen LogP contribution in [0.5, 0.6) is 5.75 Å². The lowest BCUT2D eigenvalue weighted by Crippen LogP contribution is -2.36. The van der Waals surface area contributed by atoms with E-state index in [4.69, 9.17) is 0 Å². The van der Waals surface area contributed by atoms with Gasteiger partial charge in [0.05, 0.1) is 6.54 Å². The second kappa shape index (κ2) is 9.67. The van der Waals surface area contributed by atoms with Crippen LogP contribution >= 0.6 is 24.0 Å². The first-order valence-corrected chi connectivity index (χ1v) is 8.29. The van der Waals surface area contributed by atoms with E-state index in [-0.39, 0.29) is 36.3 Å². The molecule has 9 heteroatoms. The molecule has 0 spiro atoms. The summed E-state index contributed by atoms with van der Waals surface area (Å²) < 4.78 is 41.6. The summed E-state index contributed by atoms with van der Waals surface area (Å²) in [6.07, 6.45) is -4.73. The van der Waals surface area contributed by atoms with Gasteiger partial charge in [-0.25, -0.2) is 0 Å². The maximum atomic E-state index is 12.5. The Balaban J connectivity index is 0.00000280. The molecule has 0 saturated carbocycles. The summed E-state index contributed by atoms with van der Waals surface area (Å²) in [5, 5.41) is 7.23. The van der Waals surface area contributed by atoms with E-state index >= 15 is 0 Å². The minimum Gasteiger partial charge on any atom is -0.405 e. The summed E-state index contributed by atoms with van der Waals surface area (Å²) in [5.41, 5.74) is 2.39. The predicted octanol–water partition coefficient (Wildman–Crippen LogP) is 4.55. The van der Waals surface area contributed by atoms with Crippen LogP contribution < -0.4 is 15.4 Å². The smallest absolute Gasteiger partial charge is 0.405 e. The van der Waals surface area contributed by atoms with E-state index < -0.39 is 6.36 Å². The van der Waals surface area contributed by atoms with Crippen LogP contribution in [0.4, 0.5) is 13.2 Å². The van der Waals surface area contributed by atoms with Crippen LogP contribution in [0.1, 0.15) is 11.3 Å². The molecule has 0 radical (unpaired) electrons. The van der Waals surface area contributed by atoms with E-state index in [2.05, 4.69) is 25.3 Å². The summed E-state index contributed by atoms with van der Waals surface area (Å²) in [6, 6.07) is 16.0. The molecule has 28 heavy (non-hydrogen) atoms. The molecule has 3 N–H and O–H groups in total. The minimum atomic E-state index is -4.73. The van der Waals surface area contributed by atoms with Gasteiger partial charge in [0.25, 0.3) is 0 Å². The lowest BCUT2D eigenvalue weighted by Gasteiger charge is -2.15. The third kappa shape index (κ3) is 6.04. The highest BCUT2D eigenvalue weighted by Gasteiger charge is 2.31. The summed E-state index contributed by atoms with van der Waals surface area (Å²) in [7, 11) is 1.60. The van der Waals surface area contributed by atoms with Crippen molar-refractivity contribution in [2.24, 2.45) is 4.99 Å². The van der Waals surface area contributed by atoms with E-state index in [1.165, 1.54) is 12.1 Å². The number of aromatic nitrogens is 1. The fraction of sp³-hybridized carbons (Fsp3) is 0.211. The third-order valence-electron chi connectivity index (χ3n) is 3.90. The van der Waals surface area contributed by atoms with Crippen LogP contribution in [-0.2, 0) is 13.1 Å². The molecule has 5 nitrogen and oxygen atoms in total. The van der Waals surface area contributed by atoms with Crippen molar-refractivity contribution in [1.82, 2.24) is 15.6 Å². The molecule has 2 aromatic carbocycles. The zero-order valence-corrected chi connectivity index (χ0v) is 17.3. The first-order chi connectivity index (χ1) is 12.9. The quantitative estimate of drug-likeness (QED) is 0.272. The van der Waals surface area contributed by atoms with Crippen LogP contribution in [-0.4, -0.2) is 24.4 Å². The molecule has 150 valence electrons. The Morgan fingerprint density at radius 3 is 2.43 bits per heavy atom. The van der Waals surface area contributed by atoms with E-state index in [1.54, 1.807) is 19.2 Å². The van der Waals surface area contributed by atoms with Crippen molar-refractivity contribution in [1.29, 1.82) is 0 Å². The fourth-order valence-electron chi connectivity index (χ4n) is 2.68. The van der Waals surface area contributed by atoms with Gasteiger partial charge in [0, 0.05) is 30.4 Å². The van der Waals surface area contributed by atoms with Gasteiger partial charge in [-0.2, -0.15) is 0 Å². The number of aromatic amines is 1. The number of halogens is 4. The Hall–Kier alpha value is -2.43. The van der Waals surface area contributed by atoms with Crippen molar-refractivity contribution in [2.75, 3.05) is 7.05 Å². The van der Waals surface area contributed by atoms with Crippen molar-refractivity contribution in [3.63, 3.8) is 0 Å². The standard InChI is InChI=1S/C19H19F3N4O.HI/c1-23-18(25-12-15-10-13-6-2-4-8-16(13)26-15)24-11-14-7-3-5-9-17(14)27-19(20,21)22;/h2-10,26H,11-12H2,1H3,(H2,23,24,25);1H. The molecule has 0 atom stereocenters. The molecular formula is C19H20F3IN4O. The number of nitrogens with one attached hydrogen (secondary N) is 3. The Kier molecular flexibility index (Phi) is 7.55. The number of alkyl halides is 3. The number of guanidine groups is 1. The molecular weight excluding hydrogens is 484 g/mol. The summed E-state index contributed by atoms with van der Waals surface area (Å²) in [4.78, 5) is 7.39. The van der Waals surface area contributed by atoms with Crippen molar-refractivity contribution in [3.8, 4) is 5.75 Å². The zero-order valence-electron chi connectivity index (χ0n) is 15.0. The van der Waals surface area contributed by atoms with E-state index in [0.717, 1.165) is 16.6 Å². The Labute approximate surface area is 177 Å². The Bertz CT molecular complexity index is 907. The number of aliphatic imine (C=N–C) groups is 1. The second-order valence-electron chi connectivity index (χ2n) is 5.82. The first-order valence-electron chi connectivity index (χ1n) is 8.29. The van der Waals surface area contributed by atoms with E-state index in [0.29, 0.717) is 18.1 Å². The third-order valence-corrected chi connectivity index (χ3v) is 3.90. The van der Waals surface area contributed by atoms with Gasteiger partial charge in [-0.15, -0.1) is 37.1 Å². The molecule has 0 amide bonds. The van der Waals surface area contributed by atoms with Crippen LogP contribution in [0.2, 0.25) is 0 Å². The zero-order chi connectivity index (χ0) is 19.3. The van der Waals surface area contributed by atoms with E-state index in [9.17, 15) is 13.2 Å². The Morgan fingerprint density at radius 1 is 1.04 bits per heavy atom. The largest absolute Gasteiger partial charge is 0.573 e. The van der Waals surface area contributed by atoms with Gasteiger partial charge < -0.3 is 20.4 Å². The second-order valence-corrected chi connectivity index (χ2v) is 5.82. The molecule has 0 fully saturated rings. The molecule has 0 aliphatic heterocycles. The van der Waals surface area contributed by atoms with Gasteiger partial charge in [0.1, 0.15) is 5.75 Å². The number of ether oxygens (including phenoxy) is 1. The van der Waals surface area contributed by atoms with Crippen LogP contribution in [0.15, 0.2) is 59.6 Å². The van der Waals surface area contributed by atoms with Gasteiger partial charge >= 0.3 is 6.36 Å². The van der Waals surface area contributed by atoms with Gasteiger partial charge in [-0.3, -0.25) is 4.99 Å². The predicted molar refractivity (Wildman–Crippen MR) is 114 cm³/mol. The minimum absolute atomic E-state index is 0. The summed E-state index contributed by atoms with van der Waals surface area (Å²) >= 11 is 0. The lowest BCUT2D eigenvalue weighted by atomic mass is 10.2. The van der Waals surface area contributed by atoms with Crippen LogP contribution in [0.25, 0.3) is 10.9 Å². The van der Waals surface area contributed by atoms with Crippen molar-refractivity contribution in [3.05, 3.63) is 65.9 Å². The number of hydrogen-bond acceptors (Lipinski definition) is 2. The first kappa shape index (κ1) is 21.9. The average Bonchev–Trinajstić information content (AvgIpc) is 3.04. The van der Waals surface area contributed by atoms with Gasteiger partial charge in [-0.05, 0) is 23.6 Å². The highest BCUT2D eigenvalue weighted by atomic mass is 127. The lowest BCUT2D eigenvalue weighted by molar-refractivity contribution is -0.274. The molecule has 0 saturated heterocycles. The Morgan fingerprint density at radius 2 is 1.71 bits per heavy atom. The SMILES string of the molecule is CN=C(NCc1cc2ccccc2[nH]1)NCc1ccccc1OC(F)(F)F.I. The van der Waals surface area contributed by atoms with E-state index in [1.807, 2.05) is 30.3 Å². The van der Waals surface area contributed by atoms with Gasteiger partial charge in [-0.1, -0.05) is 36.4 Å². The molecule has 0 unspecified atom stereocenters. The maximum absolute atomic E-state index is 12.5. The number of H-pyrrole nitrogens is 1. The van der Waals surface area contributed by atoms with Crippen LogP contribution in [0.3, 0.4) is 0 Å². The number of para-hydroxylation sites is 2. The fourth-order valence-corrected chi connectivity index (χ4v) is 2.68. The number of rotatable bonds is 5. The van der Waals surface area contributed by atoms with Gasteiger partial charge in [0.2, 0.25) is 0 Å². The number of fused-ring (bicyclic) bond motifs is 1. The molecule has 0 aliphatic carbocycles. The number of nitrogens with zero attached hydrogens (tertiary/aromatic N) is 1. The molecule has 3 aromatic rings. The molecule has 1 heterocycles. The summed E-state index contributed by atoms with van der Waals surface area (Å²) in [5.74, 6) is 0.235. The molecule has 1 aromatic heterocycles. The molecule has 0 bridgehead atoms. The highest BCUT2D eigenvalue weighted by Crippen LogP contribution is 2.26. The highest BCUT2D eigenvalue weighted by molar-refractivity contribution is 14.0.